The quantitative estimate of drug-likeness (QED) is 0.125. The summed E-state index contributed by atoms with van der Waals surface area (Å²) in [5.41, 5.74) is 10.7. The second-order valence-corrected chi connectivity index (χ2v) is 9.97. The van der Waals surface area contributed by atoms with Crippen LogP contribution in [0.1, 0.15) is 53.4 Å². The summed E-state index contributed by atoms with van der Waals surface area (Å²) in [7, 11) is 0. The zero-order valence-electron chi connectivity index (χ0n) is 21.7. The lowest BCUT2D eigenvalue weighted by atomic mass is 10.0. The summed E-state index contributed by atoms with van der Waals surface area (Å²) in [4.78, 5) is 75.0. The molecule has 14 nitrogen and oxygen atoms in total. The highest BCUT2D eigenvalue weighted by Crippen LogP contribution is 2.20. The van der Waals surface area contributed by atoms with Crippen molar-refractivity contribution in [2.75, 3.05) is 13.2 Å². The molecule has 1 aliphatic heterocycles. The van der Waals surface area contributed by atoms with Gasteiger partial charge in [0.25, 0.3) is 0 Å². The van der Waals surface area contributed by atoms with Crippen LogP contribution < -0.4 is 27.4 Å². The number of nitrogens with two attached hydrogens (primary N) is 2. The second kappa shape index (κ2) is 14.5. The van der Waals surface area contributed by atoms with Crippen LogP contribution in [-0.4, -0.2) is 94.0 Å². The number of rotatable bonds is 14. The van der Waals surface area contributed by atoms with Crippen LogP contribution in [0.2, 0.25) is 0 Å². The first-order valence-electron chi connectivity index (χ1n) is 12.3. The molecule has 0 saturated carbocycles. The zero-order valence-corrected chi connectivity index (χ0v) is 21.7. The predicted molar refractivity (Wildman–Crippen MR) is 131 cm³/mol. The third-order valence-electron chi connectivity index (χ3n) is 5.96. The molecule has 1 rings (SSSR count). The Bertz CT molecular complexity index is 864. The maximum atomic E-state index is 13.1. The summed E-state index contributed by atoms with van der Waals surface area (Å²) >= 11 is 0. The lowest BCUT2D eigenvalue weighted by Gasteiger charge is -2.30. The number of hydrogen-bond donors (Lipinski definition) is 7. The van der Waals surface area contributed by atoms with Crippen LogP contribution in [0.25, 0.3) is 0 Å². The van der Waals surface area contributed by atoms with Crippen molar-refractivity contribution in [3.8, 4) is 0 Å². The third-order valence-corrected chi connectivity index (χ3v) is 5.96. The van der Waals surface area contributed by atoms with E-state index in [1.807, 2.05) is 0 Å². The Morgan fingerprint density at radius 1 is 0.946 bits per heavy atom. The predicted octanol–water partition coefficient (Wildman–Crippen LogP) is -2.59. The standard InChI is InChI=1S/C23H40N6O8/c1-11(2)8-14(26-19(32)13(24)9-17(25)31)20(33)27-15(10-30)21(34)28-18(12(3)4)22(35)29-7-5-6-16(29)23(36)37/h11-16,18,30H,5-10,24H2,1-4H3,(H2,25,31)(H,26,32)(H,27,33)(H,28,34)(H,36,37)/t13-,14-,15-,16-,18-/m0/s1. The van der Waals surface area contributed by atoms with E-state index in [0.29, 0.717) is 12.8 Å². The average molecular weight is 529 g/mol. The lowest BCUT2D eigenvalue weighted by molar-refractivity contribution is -0.150. The zero-order chi connectivity index (χ0) is 28.4. The summed E-state index contributed by atoms with van der Waals surface area (Å²) in [6.07, 6.45) is 0.567. The number of nitrogens with zero attached hydrogens (tertiary/aromatic N) is 1. The minimum atomic E-state index is -1.46. The van der Waals surface area contributed by atoms with E-state index in [1.54, 1.807) is 27.7 Å². The number of aliphatic carboxylic acids is 1. The Labute approximate surface area is 215 Å². The van der Waals surface area contributed by atoms with Gasteiger partial charge in [0.2, 0.25) is 29.5 Å². The highest BCUT2D eigenvalue weighted by atomic mass is 16.4. The Morgan fingerprint density at radius 2 is 1.51 bits per heavy atom. The number of aliphatic hydroxyl groups is 1. The lowest BCUT2D eigenvalue weighted by Crippen LogP contribution is -2.60. The largest absolute Gasteiger partial charge is 0.480 e. The molecule has 0 radical (unpaired) electrons. The Balaban J connectivity index is 2.95. The fourth-order valence-corrected chi connectivity index (χ4v) is 3.99. The number of nitrogens with one attached hydrogen (secondary N) is 3. The topological polar surface area (TPSA) is 234 Å². The molecule has 210 valence electrons. The van der Waals surface area contributed by atoms with Gasteiger partial charge in [0.15, 0.2) is 0 Å². The van der Waals surface area contributed by atoms with E-state index in [2.05, 4.69) is 16.0 Å². The van der Waals surface area contributed by atoms with E-state index in [9.17, 15) is 39.0 Å². The average Bonchev–Trinajstić information content (AvgIpc) is 3.29. The fourth-order valence-electron chi connectivity index (χ4n) is 3.99. The highest BCUT2D eigenvalue weighted by Gasteiger charge is 2.39. The first-order valence-corrected chi connectivity index (χ1v) is 12.3. The summed E-state index contributed by atoms with van der Waals surface area (Å²) in [5, 5.41) is 26.5. The van der Waals surface area contributed by atoms with Crippen molar-refractivity contribution < 1.29 is 39.0 Å². The van der Waals surface area contributed by atoms with Gasteiger partial charge in [0, 0.05) is 6.54 Å². The van der Waals surface area contributed by atoms with E-state index >= 15 is 0 Å². The van der Waals surface area contributed by atoms with Crippen LogP contribution in [0.5, 0.6) is 0 Å². The number of aliphatic hydroxyl groups excluding tert-OH is 1. The molecule has 37 heavy (non-hydrogen) atoms. The van der Waals surface area contributed by atoms with Crippen molar-refractivity contribution in [2.24, 2.45) is 23.3 Å². The Hall–Kier alpha value is -3.26. The Kier molecular flexibility index (Phi) is 12.4. The number of amides is 5. The molecule has 0 unspecified atom stereocenters. The summed E-state index contributed by atoms with van der Waals surface area (Å²) in [5.74, 6) is -5.37. The minimum Gasteiger partial charge on any atom is -0.480 e. The van der Waals surface area contributed by atoms with Gasteiger partial charge in [-0.05, 0) is 31.1 Å². The summed E-state index contributed by atoms with van der Waals surface area (Å²) < 4.78 is 0. The Morgan fingerprint density at radius 3 is 2.00 bits per heavy atom. The number of carboxylic acid groups (broad SMARTS) is 1. The van der Waals surface area contributed by atoms with Crippen molar-refractivity contribution in [3.63, 3.8) is 0 Å². The summed E-state index contributed by atoms with van der Waals surface area (Å²) in [6, 6.07) is -5.93. The van der Waals surface area contributed by atoms with Crippen LogP contribution in [0.3, 0.4) is 0 Å². The second-order valence-electron chi connectivity index (χ2n) is 9.97. The van der Waals surface area contributed by atoms with Crippen LogP contribution in [-0.2, 0) is 28.8 Å². The molecule has 0 aromatic carbocycles. The molecule has 0 spiro atoms. The third kappa shape index (κ3) is 9.61. The molecule has 5 atom stereocenters. The molecule has 1 saturated heterocycles. The van der Waals surface area contributed by atoms with Gasteiger partial charge >= 0.3 is 5.97 Å². The van der Waals surface area contributed by atoms with Crippen LogP contribution in [0.15, 0.2) is 0 Å². The molecular weight excluding hydrogens is 488 g/mol. The summed E-state index contributed by atoms with van der Waals surface area (Å²) in [6.45, 7) is 6.38. The molecule has 0 aromatic heterocycles. The number of carbonyl (C=O) groups excluding carboxylic acids is 5. The van der Waals surface area contributed by atoms with E-state index in [4.69, 9.17) is 11.5 Å². The first kappa shape index (κ1) is 31.8. The van der Waals surface area contributed by atoms with Gasteiger partial charge in [-0.25, -0.2) is 4.79 Å². The number of primary amides is 1. The molecule has 9 N–H and O–H groups in total. The first-order chi connectivity index (χ1) is 17.2. The van der Waals surface area contributed by atoms with Crippen LogP contribution in [0, 0.1) is 11.8 Å². The van der Waals surface area contributed by atoms with Crippen molar-refractivity contribution in [1.82, 2.24) is 20.9 Å². The molecule has 1 heterocycles. The van der Waals surface area contributed by atoms with Gasteiger partial charge in [0.1, 0.15) is 24.2 Å². The van der Waals surface area contributed by atoms with Gasteiger partial charge in [-0.2, -0.15) is 0 Å². The SMILES string of the molecule is CC(C)C[C@H](NC(=O)[C@@H](N)CC(N)=O)C(=O)N[C@@H](CO)C(=O)N[C@H](C(=O)N1CCC[C@H]1C(=O)O)C(C)C. The molecular formula is C23H40N6O8. The maximum absolute atomic E-state index is 13.1. The molecule has 1 fully saturated rings. The molecule has 1 aliphatic rings. The molecule has 0 aliphatic carbocycles. The highest BCUT2D eigenvalue weighted by molar-refractivity contribution is 5.96. The minimum absolute atomic E-state index is 0.0598. The fraction of sp³-hybridized carbons (Fsp3) is 0.739. The molecule has 0 bridgehead atoms. The maximum Gasteiger partial charge on any atom is 0.326 e. The van der Waals surface area contributed by atoms with Crippen molar-refractivity contribution in [2.45, 2.75) is 83.6 Å². The van der Waals surface area contributed by atoms with Gasteiger partial charge in [-0.15, -0.1) is 0 Å². The van der Waals surface area contributed by atoms with Crippen molar-refractivity contribution >= 4 is 35.5 Å². The van der Waals surface area contributed by atoms with Crippen LogP contribution in [0.4, 0.5) is 0 Å². The smallest absolute Gasteiger partial charge is 0.326 e. The molecule has 0 aromatic rings. The normalized spacial score (nSPS) is 18.6. The number of hydrogen-bond acceptors (Lipinski definition) is 8. The molecule has 5 amide bonds. The van der Waals surface area contributed by atoms with Crippen molar-refractivity contribution in [1.29, 1.82) is 0 Å². The van der Waals surface area contributed by atoms with Crippen LogP contribution >= 0.6 is 0 Å². The number of carbonyl (C=O) groups is 6. The van der Waals surface area contributed by atoms with Gasteiger partial charge < -0.3 is 42.5 Å². The van der Waals surface area contributed by atoms with E-state index in [1.165, 1.54) is 4.90 Å². The van der Waals surface area contributed by atoms with Gasteiger partial charge in [0.05, 0.1) is 19.1 Å². The van der Waals surface area contributed by atoms with E-state index in [-0.39, 0.29) is 18.9 Å². The van der Waals surface area contributed by atoms with Gasteiger partial charge in [-0.3, -0.25) is 24.0 Å². The monoisotopic (exact) mass is 528 g/mol. The number of likely N-dealkylation sites (tertiary alicyclic amines) is 1. The van der Waals surface area contributed by atoms with Gasteiger partial charge in [-0.1, -0.05) is 27.7 Å². The number of carboxylic acids is 1. The van der Waals surface area contributed by atoms with E-state index in [0.717, 1.165) is 0 Å². The van der Waals surface area contributed by atoms with Crippen molar-refractivity contribution in [3.05, 3.63) is 0 Å². The van der Waals surface area contributed by atoms with E-state index < -0.39 is 84.7 Å². The molecule has 14 heteroatoms.